The average Bonchev–Trinajstić information content (AvgIpc) is 3.47. The summed E-state index contributed by atoms with van der Waals surface area (Å²) in [4.78, 5) is 44.4. The number of esters is 4. The van der Waals surface area contributed by atoms with Crippen LogP contribution in [0, 0.1) is 0 Å². The molecule has 0 fully saturated rings. The van der Waals surface area contributed by atoms with Gasteiger partial charge in [-0.05, 0) is 112 Å². The molecular formula is C55H62Br4O22. The second kappa shape index (κ2) is 37.6. The lowest BCUT2D eigenvalue weighted by Gasteiger charge is -2.11. The van der Waals surface area contributed by atoms with Gasteiger partial charge in [0.15, 0.2) is 0 Å². The first-order valence-corrected chi connectivity index (χ1v) is 25.8. The molecular weight excluding hydrogens is 1330 g/mol. The van der Waals surface area contributed by atoms with E-state index in [4.69, 9.17) is 58.0 Å². The fraction of sp³-hybridized carbons (Fsp3) is 0.273. The van der Waals surface area contributed by atoms with Crippen LogP contribution in [0.4, 0.5) is 0 Å². The Kier molecular flexibility index (Phi) is 33.2. The molecule has 81 heavy (non-hydrogen) atoms. The van der Waals surface area contributed by atoms with E-state index in [1.165, 1.54) is 93.3 Å². The number of hydrogen-bond acceptors (Lipinski definition) is 22. The maximum atomic E-state index is 11.4. The highest BCUT2D eigenvalue weighted by atomic mass is 79.9. The Labute approximate surface area is 501 Å². The van der Waals surface area contributed by atoms with E-state index in [-0.39, 0.29) is 46.3 Å². The number of aliphatic hydroxyl groups is 1. The predicted molar refractivity (Wildman–Crippen MR) is 311 cm³/mol. The number of carbonyl (C=O) groups excluding carboxylic acids is 4. The quantitative estimate of drug-likeness (QED) is 0.0472. The summed E-state index contributed by atoms with van der Waals surface area (Å²) in [5.41, 5.74) is 2.34. The fourth-order valence-corrected chi connectivity index (χ4v) is 8.18. The average molecular weight is 1390 g/mol. The number of aliphatic hydroxyl groups excluding tert-OH is 1. The Morgan fingerprint density at radius 3 is 1.10 bits per heavy atom. The van der Waals surface area contributed by atoms with Crippen molar-refractivity contribution in [1.29, 1.82) is 0 Å². The zero-order valence-electron chi connectivity index (χ0n) is 46.2. The second-order valence-electron chi connectivity index (χ2n) is 14.9. The van der Waals surface area contributed by atoms with E-state index in [0.29, 0.717) is 55.6 Å². The zero-order chi connectivity index (χ0) is 61.5. The van der Waals surface area contributed by atoms with Gasteiger partial charge in [-0.3, -0.25) is 0 Å². The monoisotopic (exact) mass is 1390 g/mol. The largest absolute Gasteiger partial charge is 0.508 e. The van der Waals surface area contributed by atoms with Crippen LogP contribution in [0.5, 0.6) is 69.0 Å². The number of methoxy groups -OCH3 is 13. The minimum absolute atomic E-state index is 0.0373. The number of ether oxygens (including phenoxy) is 13. The van der Waals surface area contributed by atoms with Crippen molar-refractivity contribution >= 4 is 87.6 Å². The van der Waals surface area contributed by atoms with E-state index in [1.54, 1.807) is 65.9 Å². The maximum absolute atomic E-state index is 11.4. The molecule has 0 aromatic heterocycles. The molecule has 0 atom stereocenters. The van der Waals surface area contributed by atoms with E-state index in [1.807, 2.05) is 12.1 Å². The number of benzene rings is 6. The first-order chi connectivity index (χ1) is 38.5. The number of aromatic hydroxyl groups is 4. The van der Waals surface area contributed by atoms with Crippen molar-refractivity contribution in [1.82, 2.24) is 0 Å². The molecule has 0 saturated carbocycles. The van der Waals surface area contributed by atoms with Gasteiger partial charge in [-0.2, -0.15) is 0 Å². The van der Waals surface area contributed by atoms with Crippen molar-refractivity contribution in [3.8, 4) is 69.0 Å². The van der Waals surface area contributed by atoms with E-state index in [9.17, 15) is 29.4 Å². The lowest BCUT2D eigenvalue weighted by atomic mass is 10.2. The SMILES string of the molecule is COC(=O)c1cc(Br)c(OC)cc1O.COC(=O)c1cc(Br)c(OC)cc1OC.COC(=O)c1ccc(O)cc1O.COC(=O)c1ccc(OC)cc1O.COCc1cc(Br)c(OC)cc1OC.COc1cc(OC)c(CO)cc1Br. The third-order valence-corrected chi connectivity index (χ3v) is 12.6. The Morgan fingerprint density at radius 2 is 0.704 bits per heavy atom. The smallest absolute Gasteiger partial charge is 0.341 e. The minimum Gasteiger partial charge on any atom is -0.508 e. The van der Waals surface area contributed by atoms with E-state index in [0.717, 1.165) is 37.6 Å². The molecule has 6 aromatic carbocycles. The van der Waals surface area contributed by atoms with Crippen LogP contribution in [0.2, 0.25) is 0 Å². The summed E-state index contributed by atoms with van der Waals surface area (Å²) in [5.74, 6) is 1.85. The highest BCUT2D eigenvalue weighted by Gasteiger charge is 2.18. The summed E-state index contributed by atoms with van der Waals surface area (Å²) >= 11 is 13.2. The molecule has 6 aromatic rings. The molecule has 0 amide bonds. The Morgan fingerprint density at radius 1 is 0.358 bits per heavy atom. The number of hydrogen-bond donors (Lipinski definition) is 5. The van der Waals surface area contributed by atoms with Gasteiger partial charge in [-0.25, -0.2) is 19.2 Å². The highest BCUT2D eigenvalue weighted by Crippen LogP contribution is 2.36. The normalized spacial score (nSPS) is 9.65. The van der Waals surface area contributed by atoms with Crippen LogP contribution in [-0.2, 0) is 36.9 Å². The molecule has 0 unspecified atom stereocenters. The van der Waals surface area contributed by atoms with Crippen molar-refractivity contribution in [3.63, 3.8) is 0 Å². The van der Waals surface area contributed by atoms with Crippen molar-refractivity contribution in [3.05, 3.63) is 136 Å². The number of rotatable bonds is 15. The third-order valence-electron chi connectivity index (χ3n) is 10.1. The van der Waals surface area contributed by atoms with E-state index >= 15 is 0 Å². The van der Waals surface area contributed by atoms with Gasteiger partial charge in [-0.15, -0.1) is 0 Å². The summed E-state index contributed by atoms with van der Waals surface area (Å²) in [6, 6.07) is 21.3. The van der Waals surface area contributed by atoms with Crippen LogP contribution in [-0.4, -0.2) is 142 Å². The standard InChI is InChI=1S/C10H11BrO4.C10H13BrO3.C9H9BrO4.C9H11BrO3.C9H10O4.C8H8O4/c1-13-8-5-9(14-2)7(11)4-6(8)10(12)15-3;1-12-6-7-4-8(11)10(14-3)5-9(7)13-2;1-13-8-4-7(11)5(3-6(8)10)9(12)14-2;1-12-8-4-9(13-2)7(10)3-6(8)5-11;1-12-6-3-4-7(8(10)5-6)9(11)13-2;1-12-8(11)6-3-2-5(9)4-7(6)10/h4-5H,1-3H3;4-5H,6H2,1-3H3;3-4,11H,1-2H3;3-4,11H,5H2,1-2H3;3-5,10H,1-2H3;2-4,9-10H,1H3. The maximum Gasteiger partial charge on any atom is 0.341 e. The van der Waals surface area contributed by atoms with Crippen LogP contribution in [0.1, 0.15) is 52.6 Å². The summed E-state index contributed by atoms with van der Waals surface area (Å²) < 4.78 is 66.4. The fourth-order valence-electron chi connectivity index (χ4n) is 6.06. The summed E-state index contributed by atoms with van der Waals surface area (Å²) in [5, 5.41) is 45.8. The van der Waals surface area contributed by atoms with E-state index in [2.05, 4.69) is 82.7 Å². The molecule has 0 aliphatic rings. The third kappa shape index (κ3) is 22.2. The molecule has 5 N–H and O–H groups in total. The van der Waals surface area contributed by atoms with Crippen molar-refractivity contribution in [2.75, 3.05) is 92.4 Å². The number of phenols is 4. The van der Waals surface area contributed by atoms with Gasteiger partial charge in [0.25, 0.3) is 0 Å². The molecule has 6 rings (SSSR count). The number of carbonyl (C=O) groups is 4. The van der Waals surface area contributed by atoms with Gasteiger partial charge in [0.1, 0.15) is 91.2 Å². The van der Waals surface area contributed by atoms with E-state index < -0.39 is 23.9 Å². The molecule has 22 nitrogen and oxygen atoms in total. The minimum atomic E-state index is -0.632. The predicted octanol–water partition coefficient (Wildman–Crippen LogP) is 10.8. The molecule has 0 bridgehead atoms. The van der Waals surface area contributed by atoms with Crippen LogP contribution in [0.3, 0.4) is 0 Å². The van der Waals surface area contributed by atoms with Gasteiger partial charge >= 0.3 is 23.9 Å². The topological polar surface area (TPSA) is 289 Å². The Hall–Kier alpha value is -7.36. The first kappa shape index (κ1) is 71.7. The first-order valence-electron chi connectivity index (χ1n) is 22.6. The molecule has 0 heterocycles. The lowest BCUT2D eigenvalue weighted by molar-refractivity contribution is 0.0587. The summed E-state index contributed by atoms with van der Waals surface area (Å²) in [6.45, 7) is 0.470. The van der Waals surface area contributed by atoms with Crippen LogP contribution in [0.15, 0.2) is 103 Å². The van der Waals surface area contributed by atoms with Gasteiger partial charge in [0.05, 0.1) is 116 Å². The van der Waals surface area contributed by atoms with Gasteiger partial charge in [-0.1, -0.05) is 0 Å². The zero-order valence-corrected chi connectivity index (χ0v) is 52.5. The van der Waals surface area contributed by atoms with Gasteiger partial charge in [0.2, 0.25) is 0 Å². The van der Waals surface area contributed by atoms with Crippen LogP contribution in [0.25, 0.3) is 0 Å². The van der Waals surface area contributed by atoms with Gasteiger partial charge in [0, 0.05) is 54.6 Å². The highest BCUT2D eigenvalue weighted by molar-refractivity contribution is 9.11. The molecule has 26 heteroatoms. The molecule has 0 spiro atoms. The van der Waals surface area contributed by atoms with Crippen LogP contribution < -0.4 is 37.9 Å². The lowest BCUT2D eigenvalue weighted by Crippen LogP contribution is -2.04. The van der Waals surface area contributed by atoms with Crippen molar-refractivity contribution in [2.24, 2.45) is 0 Å². The second-order valence-corrected chi connectivity index (χ2v) is 18.3. The number of halogens is 4. The molecule has 0 aliphatic carbocycles. The van der Waals surface area contributed by atoms with Crippen molar-refractivity contribution < 1.29 is 106 Å². The van der Waals surface area contributed by atoms with Gasteiger partial charge < -0.3 is 87.1 Å². The summed E-state index contributed by atoms with van der Waals surface area (Å²) in [6.07, 6.45) is 0. The summed E-state index contributed by atoms with van der Waals surface area (Å²) in [7, 11) is 19.0. The van der Waals surface area contributed by atoms with Crippen molar-refractivity contribution in [2.45, 2.75) is 13.2 Å². The number of phenolic OH excluding ortho intramolecular Hbond substituents is 4. The molecule has 0 aliphatic heterocycles. The molecule has 0 radical (unpaired) electrons. The Bertz CT molecular complexity index is 3010. The molecule has 442 valence electrons. The Balaban J connectivity index is 0.000000487. The molecule has 0 saturated heterocycles. The van der Waals surface area contributed by atoms with Crippen LogP contribution >= 0.6 is 63.7 Å².